The summed E-state index contributed by atoms with van der Waals surface area (Å²) in [6.45, 7) is 2.74. The van der Waals surface area contributed by atoms with Crippen LogP contribution in [-0.4, -0.2) is 32.1 Å². The normalized spacial score (nSPS) is 18.2. The van der Waals surface area contributed by atoms with Crippen molar-refractivity contribution in [3.63, 3.8) is 0 Å². The van der Waals surface area contributed by atoms with E-state index in [1.54, 1.807) is 0 Å². The van der Waals surface area contributed by atoms with E-state index in [2.05, 4.69) is 5.32 Å². The molecule has 0 aliphatic carbocycles. The van der Waals surface area contributed by atoms with Gasteiger partial charge in [-0.05, 0) is 31.2 Å². The number of sulfonamides is 1. The molecule has 1 aliphatic rings. The first-order valence-electron chi connectivity index (χ1n) is 6.53. The molecule has 0 saturated carbocycles. The number of anilines is 1. The molecular formula is C14H14N2O6S. The van der Waals surface area contributed by atoms with Gasteiger partial charge in [-0.25, -0.2) is 13.2 Å². The number of ether oxygens (including phenoxy) is 1. The molecule has 1 heterocycles. The fourth-order valence-corrected chi connectivity index (χ4v) is 3.05. The van der Waals surface area contributed by atoms with Crippen molar-refractivity contribution in [2.45, 2.75) is 24.8 Å². The van der Waals surface area contributed by atoms with Crippen molar-refractivity contribution in [1.29, 1.82) is 0 Å². The molecule has 23 heavy (non-hydrogen) atoms. The maximum absolute atomic E-state index is 12.2. The molecule has 0 unspecified atom stereocenters. The number of hydrogen-bond donors (Lipinski definition) is 2. The third-order valence-electron chi connectivity index (χ3n) is 2.89. The summed E-state index contributed by atoms with van der Waals surface area (Å²) in [6, 6.07) is 3.65. The first kappa shape index (κ1) is 16.8. The third-order valence-corrected chi connectivity index (χ3v) is 4.32. The summed E-state index contributed by atoms with van der Waals surface area (Å²) in [5.41, 5.74) is 0.420. The molecule has 0 fully saturated rings. The van der Waals surface area contributed by atoms with E-state index in [0.29, 0.717) is 5.69 Å². The van der Waals surface area contributed by atoms with E-state index in [-0.39, 0.29) is 16.6 Å². The number of esters is 1. The van der Waals surface area contributed by atoms with Crippen LogP contribution in [0.4, 0.5) is 5.69 Å². The number of carbonyl (C=O) groups excluding carboxylic acids is 3. The van der Waals surface area contributed by atoms with E-state index < -0.39 is 27.8 Å². The number of cyclic esters (lactones) is 1. The molecule has 1 aromatic rings. The molecule has 2 rings (SSSR count). The van der Waals surface area contributed by atoms with Crippen molar-refractivity contribution < 1.29 is 27.5 Å². The number of ketones is 1. The lowest BCUT2D eigenvalue weighted by Crippen LogP contribution is -2.48. The molecule has 0 aromatic heterocycles. The average molecular weight is 338 g/mol. The predicted octanol–water partition coefficient (Wildman–Crippen LogP) is 0.322. The van der Waals surface area contributed by atoms with Gasteiger partial charge in [0, 0.05) is 18.7 Å². The van der Waals surface area contributed by atoms with Crippen molar-refractivity contribution in [3.8, 4) is 0 Å². The third kappa shape index (κ3) is 4.02. The smallest absolute Gasteiger partial charge is 0.337 e. The number of amides is 1. The maximum atomic E-state index is 12.2. The lowest BCUT2D eigenvalue weighted by Gasteiger charge is -2.19. The van der Waals surface area contributed by atoms with Gasteiger partial charge >= 0.3 is 5.97 Å². The molecule has 2 N–H and O–H groups in total. The van der Waals surface area contributed by atoms with Crippen LogP contribution in [0.3, 0.4) is 0 Å². The minimum atomic E-state index is -4.10. The van der Waals surface area contributed by atoms with Gasteiger partial charge in [0.05, 0.1) is 4.90 Å². The Morgan fingerprint density at radius 2 is 1.78 bits per heavy atom. The molecule has 122 valence electrons. The topological polar surface area (TPSA) is 119 Å². The summed E-state index contributed by atoms with van der Waals surface area (Å²) in [6.07, 6.45) is 1.05. The van der Waals surface area contributed by atoms with E-state index >= 15 is 0 Å². The van der Waals surface area contributed by atoms with E-state index in [4.69, 9.17) is 4.74 Å². The minimum Gasteiger partial charge on any atom is -0.430 e. The van der Waals surface area contributed by atoms with Crippen LogP contribution in [-0.2, 0) is 29.1 Å². The predicted molar refractivity (Wildman–Crippen MR) is 79.7 cm³/mol. The SMILES string of the molecule is CC(=O)Nc1ccc(S(=O)(=O)N[C@H]2C(=O)C=C(C)OC2=O)cc1. The first-order valence-corrected chi connectivity index (χ1v) is 8.01. The second kappa shape index (κ2) is 6.31. The quantitative estimate of drug-likeness (QED) is 0.603. The highest BCUT2D eigenvalue weighted by Gasteiger charge is 2.35. The fourth-order valence-electron chi connectivity index (χ4n) is 1.90. The van der Waals surface area contributed by atoms with Crippen molar-refractivity contribution in [2.75, 3.05) is 5.32 Å². The van der Waals surface area contributed by atoms with Gasteiger partial charge in [0.15, 0.2) is 11.8 Å². The van der Waals surface area contributed by atoms with E-state index in [9.17, 15) is 22.8 Å². The van der Waals surface area contributed by atoms with E-state index in [1.165, 1.54) is 38.1 Å². The lowest BCUT2D eigenvalue weighted by molar-refractivity contribution is -0.145. The largest absolute Gasteiger partial charge is 0.430 e. The van der Waals surface area contributed by atoms with Crippen LogP contribution in [0, 0.1) is 0 Å². The standard InChI is InChI=1S/C14H14N2O6S/c1-8-7-12(18)13(14(19)22-8)16-23(20,21)11-5-3-10(4-6-11)15-9(2)17/h3-7,13,16H,1-2H3,(H,15,17)/t13-/m0/s1. The molecule has 0 bridgehead atoms. The summed E-state index contributed by atoms with van der Waals surface area (Å²) in [7, 11) is -4.10. The molecule has 1 aromatic carbocycles. The summed E-state index contributed by atoms with van der Waals surface area (Å²) >= 11 is 0. The number of hydrogen-bond acceptors (Lipinski definition) is 6. The molecule has 8 nitrogen and oxygen atoms in total. The molecular weight excluding hydrogens is 324 g/mol. The van der Waals surface area contributed by atoms with Crippen LogP contribution in [0.25, 0.3) is 0 Å². The molecule has 9 heteroatoms. The van der Waals surface area contributed by atoms with Gasteiger partial charge in [0.25, 0.3) is 0 Å². The van der Waals surface area contributed by atoms with Crippen LogP contribution >= 0.6 is 0 Å². The van der Waals surface area contributed by atoms with Gasteiger partial charge in [-0.15, -0.1) is 0 Å². The summed E-state index contributed by atoms with van der Waals surface area (Å²) in [4.78, 5) is 34.2. The Morgan fingerprint density at radius 1 is 1.17 bits per heavy atom. The van der Waals surface area contributed by atoms with Crippen LogP contribution in [0.5, 0.6) is 0 Å². The first-order chi connectivity index (χ1) is 10.7. The van der Waals surface area contributed by atoms with E-state index in [1.807, 2.05) is 4.72 Å². The summed E-state index contributed by atoms with van der Waals surface area (Å²) in [5.74, 6) is -1.86. The second-order valence-electron chi connectivity index (χ2n) is 4.84. The highest BCUT2D eigenvalue weighted by Crippen LogP contribution is 2.16. The van der Waals surface area contributed by atoms with Crippen molar-refractivity contribution >= 4 is 33.4 Å². The van der Waals surface area contributed by atoms with Gasteiger partial charge in [-0.1, -0.05) is 0 Å². The zero-order chi connectivity index (χ0) is 17.2. The molecule has 0 radical (unpaired) electrons. The molecule has 1 aliphatic heterocycles. The van der Waals surface area contributed by atoms with Crippen LogP contribution in [0.1, 0.15) is 13.8 Å². The Morgan fingerprint density at radius 3 is 2.30 bits per heavy atom. The van der Waals surface area contributed by atoms with Crippen LogP contribution < -0.4 is 10.0 Å². The highest BCUT2D eigenvalue weighted by atomic mass is 32.2. The maximum Gasteiger partial charge on any atom is 0.337 e. The van der Waals surface area contributed by atoms with Gasteiger partial charge in [-0.3, -0.25) is 9.59 Å². The summed E-state index contributed by atoms with van der Waals surface area (Å²) < 4.78 is 31.2. The van der Waals surface area contributed by atoms with Crippen LogP contribution in [0.15, 0.2) is 41.0 Å². The van der Waals surface area contributed by atoms with Gasteiger partial charge in [0.2, 0.25) is 15.9 Å². The molecule has 0 saturated heterocycles. The fraction of sp³-hybridized carbons (Fsp3) is 0.214. The molecule has 0 spiro atoms. The number of benzene rings is 1. The minimum absolute atomic E-state index is 0.107. The average Bonchev–Trinajstić information content (AvgIpc) is 2.43. The zero-order valence-electron chi connectivity index (χ0n) is 12.3. The molecule has 1 amide bonds. The number of carbonyl (C=O) groups is 3. The zero-order valence-corrected chi connectivity index (χ0v) is 13.1. The van der Waals surface area contributed by atoms with Crippen molar-refractivity contribution in [2.24, 2.45) is 0 Å². The molecule has 1 atom stereocenters. The van der Waals surface area contributed by atoms with Crippen molar-refractivity contribution in [3.05, 3.63) is 36.1 Å². The summed E-state index contributed by atoms with van der Waals surface area (Å²) in [5, 5.41) is 2.49. The Kier molecular flexibility index (Phi) is 4.62. The monoisotopic (exact) mass is 338 g/mol. The second-order valence-corrected chi connectivity index (χ2v) is 6.55. The van der Waals surface area contributed by atoms with Gasteiger partial charge in [0.1, 0.15) is 5.76 Å². The number of rotatable bonds is 4. The number of allylic oxidation sites excluding steroid dienone is 1. The Labute approximate surface area is 132 Å². The van der Waals surface area contributed by atoms with Crippen LogP contribution in [0.2, 0.25) is 0 Å². The number of nitrogens with one attached hydrogen (secondary N) is 2. The van der Waals surface area contributed by atoms with Gasteiger partial charge in [-0.2, -0.15) is 4.72 Å². The van der Waals surface area contributed by atoms with Gasteiger partial charge < -0.3 is 10.1 Å². The Hall–Kier alpha value is -2.52. The van der Waals surface area contributed by atoms with Crippen molar-refractivity contribution in [1.82, 2.24) is 4.72 Å². The Balaban J connectivity index is 2.20. The lowest BCUT2D eigenvalue weighted by atomic mass is 10.1. The Bertz CT molecular complexity index is 795. The highest BCUT2D eigenvalue weighted by molar-refractivity contribution is 7.89. The van der Waals surface area contributed by atoms with E-state index in [0.717, 1.165) is 6.08 Å².